The maximum absolute atomic E-state index is 12.2. The van der Waals surface area contributed by atoms with Crippen molar-refractivity contribution >= 4 is 49.0 Å². The largest absolute Gasteiger partial charge is 0.296 e. The molecule has 1 atom stereocenters. The first-order valence-electron chi connectivity index (χ1n) is 5.67. The summed E-state index contributed by atoms with van der Waals surface area (Å²) in [6.07, 6.45) is 2.63. The van der Waals surface area contributed by atoms with Crippen LogP contribution in [0.15, 0.2) is 13.6 Å². The smallest absolute Gasteiger partial charge is 0.178 e. The van der Waals surface area contributed by atoms with Gasteiger partial charge in [0.2, 0.25) is 0 Å². The number of carbonyl (C=O) groups is 1. The van der Waals surface area contributed by atoms with E-state index < -0.39 is 0 Å². The van der Waals surface area contributed by atoms with E-state index in [1.165, 1.54) is 12.8 Å². The van der Waals surface area contributed by atoms with Crippen LogP contribution in [0.5, 0.6) is 0 Å². The van der Waals surface area contributed by atoms with Crippen molar-refractivity contribution in [3.05, 3.63) is 19.2 Å². The van der Waals surface area contributed by atoms with E-state index in [1.807, 2.05) is 13.1 Å². The Morgan fingerprint density at radius 2 is 2.24 bits per heavy atom. The summed E-state index contributed by atoms with van der Waals surface area (Å²) in [6.45, 7) is 2.71. The minimum absolute atomic E-state index is 0.189. The number of ketones is 1. The molecule has 1 fully saturated rings. The molecule has 0 spiro atoms. The number of hydrogen-bond donors (Lipinski definition) is 0. The molecule has 0 amide bonds. The van der Waals surface area contributed by atoms with Crippen molar-refractivity contribution < 1.29 is 4.79 Å². The lowest BCUT2D eigenvalue weighted by Gasteiger charge is -2.23. The highest BCUT2D eigenvalue weighted by Crippen LogP contribution is 2.35. The van der Waals surface area contributed by atoms with Crippen molar-refractivity contribution in [3.63, 3.8) is 0 Å². The first-order chi connectivity index (χ1) is 7.99. The first kappa shape index (κ1) is 13.7. The van der Waals surface area contributed by atoms with E-state index in [2.05, 4.69) is 43.7 Å². The summed E-state index contributed by atoms with van der Waals surface area (Å²) >= 11 is 8.38. The third-order valence-electron chi connectivity index (χ3n) is 3.35. The standard InChI is InChI=1S/C12H15Br2NOS/c1-7(8-3-4-8)15(2)6-10(16)9-5-11(13)17-12(9)14/h5,7-8H,3-4,6H2,1-2H3. The molecule has 1 aliphatic rings. The van der Waals surface area contributed by atoms with E-state index in [0.717, 1.165) is 19.1 Å². The van der Waals surface area contributed by atoms with Gasteiger partial charge in [0.1, 0.15) is 0 Å². The van der Waals surface area contributed by atoms with Gasteiger partial charge in [0.25, 0.3) is 0 Å². The molecule has 0 N–H and O–H groups in total. The summed E-state index contributed by atoms with van der Waals surface area (Å²) in [6, 6.07) is 2.41. The van der Waals surface area contributed by atoms with Gasteiger partial charge in [-0.05, 0) is 70.7 Å². The molecule has 94 valence electrons. The zero-order valence-electron chi connectivity index (χ0n) is 9.87. The third-order valence-corrected chi connectivity index (χ3v) is 5.69. The minimum atomic E-state index is 0.189. The van der Waals surface area contributed by atoms with Crippen molar-refractivity contribution in [2.75, 3.05) is 13.6 Å². The summed E-state index contributed by atoms with van der Waals surface area (Å²) in [5.41, 5.74) is 0.789. The quantitative estimate of drug-likeness (QED) is 0.714. The Morgan fingerprint density at radius 1 is 1.59 bits per heavy atom. The summed E-state index contributed by atoms with van der Waals surface area (Å²) in [4.78, 5) is 14.3. The van der Waals surface area contributed by atoms with E-state index in [9.17, 15) is 4.79 Å². The minimum Gasteiger partial charge on any atom is -0.296 e. The molecule has 1 aromatic heterocycles. The zero-order valence-corrected chi connectivity index (χ0v) is 13.9. The number of nitrogens with zero attached hydrogens (tertiary/aromatic N) is 1. The molecule has 1 aliphatic carbocycles. The molecule has 1 saturated carbocycles. The summed E-state index contributed by atoms with van der Waals surface area (Å²) in [5, 5.41) is 0. The van der Waals surface area contributed by atoms with E-state index in [0.29, 0.717) is 12.6 Å². The van der Waals surface area contributed by atoms with E-state index in [4.69, 9.17) is 0 Å². The van der Waals surface area contributed by atoms with Crippen LogP contribution >= 0.6 is 43.2 Å². The van der Waals surface area contributed by atoms with Crippen LogP contribution in [0.2, 0.25) is 0 Å². The monoisotopic (exact) mass is 379 g/mol. The molecule has 2 rings (SSSR count). The van der Waals surface area contributed by atoms with Crippen LogP contribution in [0, 0.1) is 5.92 Å². The highest BCUT2D eigenvalue weighted by Gasteiger charge is 2.31. The van der Waals surface area contributed by atoms with Crippen molar-refractivity contribution in [3.8, 4) is 0 Å². The fraction of sp³-hybridized carbons (Fsp3) is 0.583. The van der Waals surface area contributed by atoms with Crippen LogP contribution in [0.1, 0.15) is 30.1 Å². The van der Waals surface area contributed by atoms with Gasteiger partial charge in [-0.25, -0.2) is 0 Å². The molecule has 1 unspecified atom stereocenters. The molecule has 1 heterocycles. The number of Topliss-reactive ketones (excluding diaryl/α,β-unsaturated/α-hetero) is 1. The second-order valence-corrected chi connectivity index (χ2v) is 8.40. The number of likely N-dealkylation sites (N-methyl/N-ethyl adjacent to an activating group) is 1. The Labute approximate surface area is 123 Å². The average Bonchev–Trinajstić information content (AvgIpc) is 3.03. The van der Waals surface area contributed by atoms with Gasteiger partial charge in [-0.15, -0.1) is 11.3 Å². The molecule has 5 heteroatoms. The van der Waals surface area contributed by atoms with Crippen LogP contribution in [0.25, 0.3) is 0 Å². The van der Waals surface area contributed by atoms with Crippen LogP contribution in [-0.4, -0.2) is 30.3 Å². The molecule has 0 radical (unpaired) electrons. The van der Waals surface area contributed by atoms with E-state index in [1.54, 1.807) is 11.3 Å². The Balaban J connectivity index is 1.98. The average molecular weight is 381 g/mol. The van der Waals surface area contributed by atoms with Crippen LogP contribution in [0.4, 0.5) is 0 Å². The van der Waals surface area contributed by atoms with Crippen molar-refractivity contribution in [2.24, 2.45) is 5.92 Å². The first-order valence-corrected chi connectivity index (χ1v) is 8.07. The Bertz CT molecular complexity index is 428. The zero-order chi connectivity index (χ0) is 12.6. The fourth-order valence-corrected chi connectivity index (χ4v) is 4.78. The van der Waals surface area contributed by atoms with Gasteiger partial charge >= 0.3 is 0 Å². The molecule has 0 bridgehead atoms. The van der Waals surface area contributed by atoms with E-state index in [-0.39, 0.29) is 5.78 Å². The highest BCUT2D eigenvalue weighted by atomic mass is 79.9. The maximum Gasteiger partial charge on any atom is 0.178 e. The normalized spacial score (nSPS) is 17.5. The maximum atomic E-state index is 12.2. The van der Waals surface area contributed by atoms with Gasteiger partial charge in [0, 0.05) is 11.6 Å². The molecule has 17 heavy (non-hydrogen) atoms. The van der Waals surface area contributed by atoms with Gasteiger partial charge in [0.15, 0.2) is 5.78 Å². The molecular formula is C12H15Br2NOS. The predicted octanol–water partition coefficient (Wildman–Crippen LogP) is 4.19. The number of hydrogen-bond acceptors (Lipinski definition) is 3. The van der Waals surface area contributed by atoms with Crippen LogP contribution < -0.4 is 0 Å². The van der Waals surface area contributed by atoms with E-state index >= 15 is 0 Å². The van der Waals surface area contributed by atoms with Gasteiger partial charge in [-0.3, -0.25) is 9.69 Å². The number of halogens is 2. The molecule has 0 saturated heterocycles. The van der Waals surface area contributed by atoms with Crippen molar-refractivity contribution in [1.82, 2.24) is 4.90 Å². The van der Waals surface area contributed by atoms with Crippen molar-refractivity contribution in [2.45, 2.75) is 25.8 Å². The molecule has 0 aromatic carbocycles. The summed E-state index contributed by atoms with van der Waals surface area (Å²) in [7, 11) is 2.04. The lowest BCUT2D eigenvalue weighted by molar-refractivity contribution is 0.0917. The summed E-state index contributed by atoms with van der Waals surface area (Å²) in [5.74, 6) is 0.985. The number of rotatable bonds is 5. The fourth-order valence-electron chi connectivity index (χ4n) is 1.92. The second-order valence-electron chi connectivity index (χ2n) is 4.65. The van der Waals surface area contributed by atoms with Crippen LogP contribution in [-0.2, 0) is 0 Å². The van der Waals surface area contributed by atoms with Gasteiger partial charge < -0.3 is 0 Å². The molecule has 1 aromatic rings. The number of carbonyl (C=O) groups excluding carboxylic acids is 1. The van der Waals surface area contributed by atoms with Crippen LogP contribution in [0.3, 0.4) is 0 Å². The summed E-state index contributed by atoms with van der Waals surface area (Å²) < 4.78 is 1.91. The number of thiophene rings is 1. The van der Waals surface area contributed by atoms with Gasteiger partial charge in [-0.2, -0.15) is 0 Å². The second kappa shape index (κ2) is 5.51. The predicted molar refractivity (Wildman–Crippen MR) is 78.9 cm³/mol. The van der Waals surface area contributed by atoms with Gasteiger partial charge in [0.05, 0.1) is 14.1 Å². The topological polar surface area (TPSA) is 20.3 Å². The Hall–Kier alpha value is 0.290. The van der Waals surface area contributed by atoms with Gasteiger partial charge in [-0.1, -0.05) is 0 Å². The lowest BCUT2D eigenvalue weighted by atomic mass is 10.1. The highest BCUT2D eigenvalue weighted by molar-refractivity contribution is 9.12. The molecule has 0 aliphatic heterocycles. The lowest BCUT2D eigenvalue weighted by Crippen LogP contribution is -2.35. The molecule has 2 nitrogen and oxygen atoms in total. The Morgan fingerprint density at radius 3 is 2.71 bits per heavy atom. The molecular weight excluding hydrogens is 366 g/mol. The Kier molecular flexibility index (Phi) is 4.45. The third kappa shape index (κ3) is 3.40. The SMILES string of the molecule is CC(C1CC1)N(C)CC(=O)c1cc(Br)sc1Br. The van der Waals surface area contributed by atoms with Crippen molar-refractivity contribution in [1.29, 1.82) is 0 Å².